The highest BCUT2D eigenvalue weighted by atomic mass is 16.6. The van der Waals surface area contributed by atoms with Crippen molar-refractivity contribution in [2.75, 3.05) is 13.2 Å². The number of aliphatic hydroxyl groups is 1. The van der Waals surface area contributed by atoms with Gasteiger partial charge in [-0.3, -0.25) is 9.59 Å². The van der Waals surface area contributed by atoms with E-state index in [1.54, 1.807) is 0 Å². The van der Waals surface area contributed by atoms with E-state index in [1.807, 2.05) is 0 Å². The number of hydrogen-bond donors (Lipinski definition) is 1. The number of carbonyl (C=O) groups is 2. The van der Waals surface area contributed by atoms with E-state index in [-0.39, 0.29) is 25.2 Å². The number of ether oxygens (including phenoxy) is 2. The molecule has 320 valence electrons. The Morgan fingerprint density at radius 2 is 0.768 bits per heavy atom. The van der Waals surface area contributed by atoms with Crippen molar-refractivity contribution in [3.8, 4) is 0 Å². The number of carbonyl (C=O) groups excluding carboxylic acids is 2. The number of rotatable bonds is 41. The van der Waals surface area contributed by atoms with Crippen LogP contribution in [0.1, 0.15) is 206 Å². The van der Waals surface area contributed by atoms with E-state index in [0.29, 0.717) is 12.8 Å². The summed E-state index contributed by atoms with van der Waals surface area (Å²) in [5.74, 6) is -0.621. The molecule has 0 radical (unpaired) electrons. The summed E-state index contributed by atoms with van der Waals surface area (Å²) in [7, 11) is 0. The van der Waals surface area contributed by atoms with Gasteiger partial charge in [-0.2, -0.15) is 0 Å². The number of unbranched alkanes of at least 4 members (excludes halogenated alkanes) is 19. The van der Waals surface area contributed by atoms with Crippen molar-refractivity contribution in [2.45, 2.75) is 213 Å². The van der Waals surface area contributed by atoms with Crippen molar-refractivity contribution in [1.82, 2.24) is 0 Å². The molecule has 5 nitrogen and oxygen atoms in total. The first-order valence-electron chi connectivity index (χ1n) is 23.1. The van der Waals surface area contributed by atoms with Crippen LogP contribution in [0.5, 0.6) is 0 Å². The highest BCUT2D eigenvalue weighted by Crippen LogP contribution is 2.13. The minimum Gasteiger partial charge on any atom is -0.462 e. The molecular formula is C51H86O5. The molecular weight excluding hydrogens is 693 g/mol. The third kappa shape index (κ3) is 43.8. The predicted molar refractivity (Wildman–Crippen MR) is 242 cm³/mol. The van der Waals surface area contributed by atoms with Gasteiger partial charge in [0.1, 0.15) is 6.61 Å². The fourth-order valence-electron chi connectivity index (χ4n) is 6.20. The molecule has 1 N–H and O–H groups in total. The molecule has 0 saturated heterocycles. The smallest absolute Gasteiger partial charge is 0.306 e. The molecule has 0 saturated carbocycles. The number of allylic oxidation sites excluding steroid dienone is 14. The minimum atomic E-state index is -0.789. The zero-order chi connectivity index (χ0) is 40.7. The van der Waals surface area contributed by atoms with E-state index >= 15 is 0 Å². The average molecular weight is 779 g/mol. The third-order valence-corrected chi connectivity index (χ3v) is 9.67. The van der Waals surface area contributed by atoms with Crippen molar-refractivity contribution in [3.63, 3.8) is 0 Å². The van der Waals surface area contributed by atoms with Gasteiger partial charge in [-0.1, -0.05) is 189 Å². The maximum absolute atomic E-state index is 12.2. The van der Waals surface area contributed by atoms with E-state index in [0.717, 1.165) is 96.3 Å². The topological polar surface area (TPSA) is 72.8 Å². The van der Waals surface area contributed by atoms with Crippen LogP contribution in [-0.4, -0.2) is 36.4 Å². The summed E-state index contributed by atoms with van der Waals surface area (Å²) in [5.41, 5.74) is 0. The van der Waals surface area contributed by atoms with Crippen molar-refractivity contribution < 1.29 is 24.2 Å². The Balaban J connectivity index is 3.60. The normalized spacial score (nSPS) is 13.0. The first-order valence-corrected chi connectivity index (χ1v) is 23.1. The fraction of sp³-hybridized carbons (Fsp3) is 0.686. The highest BCUT2D eigenvalue weighted by Gasteiger charge is 2.16. The Bertz CT molecular complexity index is 1060. The van der Waals surface area contributed by atoms with Gasteiger partial charge >= 0.3 is 11.9 Å². The lowest BCUT2D eigenvalue weighted by Gasteiger charge is -2.15. The Hall–Kier alpha value is -2.92. The van der Waals surface area contributed by atoms with Gasteiger partial charge in [0.2, 0.25) is 0 Å². The SMILES string of the molecule is CC/C=C\C/C=C\C/C=C\C/C=C\C/C=C\CCCCCCCC(=O)OC(CO)COC(=O)CCCCCCCCCCC/C=C\C/C=C\CCCCCCC. The molecule has 1 unspecified atom stereocenters. The average Bonchev–Trinajstić information content (AvgIpc) is 3.20. The van der Waals surface area contributed by atoms with Gasteiger partial charge in [0.05, 0.1) is 6.61 Å². The lowest BCUT2D eigenvalue weighted by atomic mass is 10.1. The second-order valence-electron chi connectivity index (χ2n) is 15.1. The molecule has 0 amide bonds. The van der Waals surface area contributed by atoms with E-state index in [1.165, 1.54) is 83.5 Å². The molecule has 5 heteroatoms. The van der Waals surface area contributed by atoms with Gasteiger partial charge < -0.3 is 14.6 Å². The maximum Gasteiger partial charge on any atom is 0.306 e. The summed E-state index contributed by atoms with van der Waals surface area (Å²) in [4.78, 5) is 24.4. The largest absolute Gasteiger partial charge is 0.462 e. The fourth-order valence-corrected chi connectivity index (χ4v) is 6.20. The van der Waals surface area contributed by atoms with Crippen molar-refractivity contribution in [1.29, 1.82) is 0 Å². The molecule has 0 aromatic carbocycles. The number of aliphatic hydroxyl groups excluding tert-OH is 1. The third-order valence-electron chi connectivity index (χ3n) is 9.67. The van der Waals surface area contributed by atoms with Crippen LogP contribution < -0.4 is 0 Å². The molecule has 0 aromatic heterocycles. The van der Waals surface area contributed by atoms with Crippen LogP contribution in [0.3, 0.4) is 0 Å². The van der Waals surface area contributed by atoms with E-state index in [2.05, 4.69) is 98.9 Å². The second kappa shape index (κ2) is 46.5. The molecule has 0 aliphatic carbocycles. The molecule has 56 heavy (non-hydrogen) atoms. The Morgan fingerprint density at radius 3 is 1.16 bits per heavy atom. The molecule has 0 bridgehead atoms. The van der Waals surface area contributed by atoms with Crippen LogP contribution in [0, 0.1) is 0 Å². The monoisotopic (exact) mass is 779 g/mol. The van der Waals surface area contributed by atoms with Gasteiger partial charge in [0.15, 0.2) is 6.10 Å². The van der Waals surface area contributed by atoms with Gasteiger partial charge in [0.25, 0.3) is 0 Å². The van der Waals surface area contributed by atoms with Crippen LogP contribution in [0.2, 0.25) is 0 Å². The van der Waals surface area contributed by atoms with Crippen molar-refractivity contribution in [3.05, 3.63) is 85.1 Å². The molecule has 0 heterocycles. The van der Waals surface area contributed by atoms with Crippen LogP contribution in [0.15, 0.2) is 85.1 Å². The van der Waals surface area contributed by atoms with Crippen molar-refractivity contribution in [2.24, 2.45) is 0 Å². The van der Waals surface area contributed by atoms with Gasteiger partial charge in [-0.05, 0) is 89.9 Å². The zero-order valence-electron chi connectivity index (χ0n) is 36.4. The predicted octanol–water partition coefficient (Wildman–Crippen LogP) is 15.1. The standard InChI is InChI=1S/C51H86O5/c1-3-5-7-9-11-13-15-17-19-21-23-25-27-29-31-33-35-37-39-41-43-45-50(53)55-48-49(47-52)56-51(54)46-44-42-40-38-36-34-32-30-28-26-24-22-20-18-16-14-12-10-8-6-4-2/h6,8,12,14-15,17-18,20-21,23-24,26,30,32,49,52H,3-5,7,9-11,13,16,19,22,25,27-29,31,33-48H2,1-2H3/b8-6-,14-12-,17-15-,20-18-,23-21-,26-24-,32-30-. The van der Waals surface area contributed by atoms with E-state index in [4.69, 9.17) is 9.47 Å². The Morgan fingerprint density at radius 1 is 0.429 bits per heavy atom. The molecule has 0 spiro atoms. The summed E-state index contributed by atoms with van der Waals surface area (Å²) < 4.78 is 10.6. The van der Waals surface area contributed by atoms with Crippen LogP contribution in [-0.2, 0) is 19.1 Å². The van der Waals surface area contributed by atoms with Gasteiger partial charge in [-0.25, -0.2) is 0 Å². The summed E-state index contributed by atoms with van der Waals surface area (Å²) in [6, 6.07) is 0. The highest BCUT2D eigenvalue weighted by molar-refractivity contribution is 5.70. The summed E-state index contributed by atoms with van der Waals surface area (Å²) in [6.45, 7) is 3.99. The quantitative estimate of drug-likeness (QED) is 0.0380. The zero-order valence-corrected chi connectivity index (χ0v) is 36.4. The molecule has 0 fully saturated rings. The minimum absolute atomic E-state index is 0.0804. The summed E-state index contributed by atoms with van der Waals surface area (Å²) in [6.07, 6.45) is 63.7. The molecule has 1 atom stereocenters. The molecule has 0 aliphatic heterocycles. The van der Waals surface area contributed by atoms with E-state index < -0.39 is 6.10 Å². The van der Waals surface area contributed by atoms with Crippen LogP contribution in [0.4, 0.5) is 0 Å². The van der Waals surface area contributed by atoms with Crippen LogP contribution in [0.25, 0.3) is 0 Å². The maximum atomic E-state index is 12.2. The Kier molecular flexibility index (Phi) is 44.0. The first-order chi connectivity index (χ1) is 27.6. The number of esters is 2. The van der Waals surface area contributed by atoms with Crippen LogP contribution >= 0.6 is 0 Å². The lowest BCUT2D eigenvalue weighted by molar-refractivity contribution is -0.161. The molecule has 0 aromatic rings. The van der Waals surface area contributed by atoms with Crippen molar-refractivity contribution >= 4 is 11.9 Å². The Labute approximate surface area is 346 Å². The van der Waals surface area contributed by atoms with Gasteiger partial charge in [0, 0.05) is 12.8 Å². The first kappa shape index (κ1) is 53.1. The number of hydrogen-bond acceptors (Lipinski definition) is 5. The summed E-state index contributed by atoms with van der Waals surface area (Å²) >= 11 is 0. The molecule has 0 rings (SSSR count). The van der Waals surface area contributed by atoms with E-state index in [9.17, 15) is 14.7 Å². The summed E-state index contributed by atoms with van der Waals surface area (Å²) in [5, 5.41) is 9.60. The lowest BCUT2D eigenvalue weighted by Crippen LogP contribution is -2.28. The molecule has 0 aliphatic rings. The second-order valence-corrected chi connectivity index (χ2v) is 15.1. The van der Waals surface area contributed by atoms with Gasteiger partial charge in [-0.15, -0.1) is 0 Å².